The lowest BCUT2D eigenvalue weighted by molar-refractivity contribution is 0.164. The molecular weight excluding hydrogens is 378 g/mol. The van der Waals surface area contributed by atoms with Gasteiger partial charge in [-0.3, -0.25) is 4.18 Å². The normalized spacial score (nSPS) is 18.2. The van der Waals surface area contributed by atoms with Crippen molar-refractivity contribution in [1.82, 2.24) is 14.5 Å². The molecule has 3 aromatic carbocycles. The Morgan fingerprint density at radius 3 is 2.48 bits per heavy atom. The lowest BCUT2D eigenvalue weighted by Gasteiger charge is -2.17. The summed E-state index contributed by atoms with van der Waals surface area (Å²) < 4.78 is 10.6. The fourth-order valence-corrected chi connectivity index (χ4v) is 5.87. The van der Waals surface area contributed by atoms with Gasteiger partial charge in [0.15, 0.2) is 0 Å². The number of aryl methyl sites for hydroxylation is 1. The van der Waals surface area contributed by atoms with Crippen LogP contribution in [0.5, 0.6) is 0 Å². The summed E-state index contributed by atoms with van der Waals surface area (Å²) >= 11 is 4.27. The molecule has 1 atom stereocenters. The Balaban J connectivity index is 1.90. The van der Waals surface area contributed by atoms with E-state index < -0.39 is 0 Å². The van der Waals surface area contributed by atoms with Gasteiger partial charge in [0.05, 0.1) is 16.6 Å². The fraction of sp³-hybridized carbons (Fsp3) is 0.167. The van der Waals surface area contributed by atoms with E-state index in [1.165, 1.54) is 54.7 Å². The predicted molar refractivity (Wildman–Crippen MR) is 122 cm³/mol. The Bertz CT molecular complexity index is 1520. The molecule has 0 bridgehead atoms. The van der Waals surface area contributed by atoms with Crippen LogP contribution in [0, 0.1) is 0 Å². The molecule has 0 amide bonds. The molecule has 29 heavy (non-hydrogen) atoms. The van der Waals surface area contributed by atoms with Crippen LogP contribution in [-0.4, -0.2) is 9.13 Å². The summed E-state index contributed by atoms with van der Waals surface area (Å²) in [6.07, 6.45) is 0.743. The molecular formula is C24H19N3OS. The molecule has 2 aromatic heterocycles. The van der Waals surface area contributed by atoms with E-state index in [0.29, 0.717) is 0 Å². The third-order valence-electron chi connectivity index (χ3n) is 6.75. The SMILES string of the molecule is C=C1NCc2c1c1c3ccccc3n3c1c1c2c2ccccc2n1CCC3OS. The van der Waals surface area contributed by atoms with Crippen LogP contribution in [0.4, 0.5) is 0 Å². The summed E-state index contributed by atoms with van der Waals surface area (Å²) in [7, 11) is 0. The summed E-state index contributed by atoms with van der Waals surface area (Å²) in [6, 6.07) is 17.4. The maximum Gasteiger partial charge on any atom is 0.149 e. The second kappa shape index (κ2) is 5.38. The number of para-hydroxylation sites is 2. The number of nitrogens with one attached hydrogen (secondary N) is 1. The lowest BCUT2D eigenvalue weighted by atomic mass is 9.96. The van der Waals surface area contributed by atoms with Crippen molar-refractivity contribution in [1.29, 1.82) is 0 Å². The largest absolute Gasteiger partial charge is 0.381 e. The molecule has 2 aliphatic heterocycles. The topological polar surface area (TPSA) is 31.1 Å². The highest BCUT2D eigenvalue weighted by Gasteiger charge is 2.32. The van der Waals surface area contributed by atoms with Crippen LogP contribution in [0.2, 0.25) is 0 Å². The summed E-state index contributed by atoms with van der Waals surface area (Å²) in [5.41, 5.74) is 8.64. The van der Waals surface area contributed by atoms with Gasteiger partial charge in [0.1, 0.15) is 6.23 Å². The minimum absolute atomic E-state index is 0.122. The van der Waals surface area contributed by atoms with Crippen molar-refractivity contribution in [2.45, 2.75) is 25.7 Å². The van der Waals surface area contributed by atoms with Crippen LogP contribution in [-0.2, 0) is 17.3 Å². The molecule has 142 valence electrons. The van der Waals surface area contributed by atoms with E-state index in [4.69, 9.17) is 4.18 Å². The molecule has 5 aromatic rings. The first-order chi connectivity index (χ1) is 14.3. The van der Waals surface area contributed by atoms with E-state index in [1.807, 2.05) is 0 Å². The van der Waals surface area contributed by atoms with Gasteiger partial charge < -0.3 is 14.5 Å². The smallest absolute Gasteiger partial charge is 0.149 e. The van der Waals surface area contributed by atoms with E-state index in [9.17, 15) is 0 Å². The standard InChI is InChI=1S/C24H19N3OS/c1-13-20-16(12-25-13)21-14-6-2-4-8-17(14)26-11-10-19(28-29)27-18-9-5-3-7-15(18)22(20)24(27)23(21)26/h2-9,19,25,29H,1,10-12H2. The zero-order chi connectivity index (χ0) is 19.3. The van der Waals surface area contributed by atoms with Gasteiger partial charge in [-0.05, 0) is 30.6 Å². The first-order valence-electron chi connectivity index (χ1n) is 10.0. The van der Waals surface area contributed by atoms with E-state index in [0.717, 1.165) is 25.2 Å². The number of aromatic nitrogens is 2. The number of thiol groups is 1. The van der Waals surface area contributed by atoms with Crippen molar-refractivity contribution in [3.05, 3.63) is 66.2 Å². The van der Waals surface area contributed by atoms with E-state index in [-0.39, 0.29) is 6.23 Å². The number of hydrogen-bond donors (Lipinski definition) is 2. The predicted octanol–water partition coefficient (Wildman–Crippen LogP) is 5.74. The Morgan fingerprint density at radius 2 is 1.69 bits per heavy atom. The van der Waals surface area contributed by atoms with Gasteiger partial charge in [-0.1, -0.05) is 43.0 Å². The summed E-state index contributed by atoms with van der Waals surface area (Å²) in [5.74, 6) is 0. The number of nitrogens with zero attached hydrogens (tertiary/aromatic N) is 2. The van der Waals surface area contributed by atoms with Crippen LogP contribution >= 0.6 is 12.9 Å². The van der Waals surface area contributed by atoms with Crippen LogP contribution in [0.3, 0.4) is 0 Å². The monoisotopic (exact) mass is 397 g/mol. The molecule has 0 aliphatic carbocycles. The molecule has 1 N–H and O–H groups in total. The van der Waals surface area contributed by atoms with Crippen molar-refractivity contribution in [3.8, 4) is 0 Å². The van der Waals surface area contributed by atoms with Gasteiger partial charge in [-0.25, -0.2) is 0 Å². The molecule has 0 fully saturated rings. The average Bonchev–Trinajstić information content (AvgIpc) is 3.35. The minimum atomic E-state index is -0.122. The van der Waals surface area contributed by atoms with Gasteiger partial charge in [0, 0.05) is 57.8 Å². The third kappa shape index (κ3) is 1.77. The first-order valence-corrected chi connectivity index (χ1v) is 10.4. The third-order valence-corrected chi connectivity index (χ3v) is 6.99. The van der Waals surface area contributed by atoms with Gasteiger partial charge in [-0.15, -0.1) is 0 Å². The van der Waals surface area contributed by atoms with Crippen molar-refractivity contribution >= 4 is 62.2 Å². The maximum absolute atomic E-state index is 5.72. The number of rotatable bonds is 1. The maximum atomic E-state index is 5.72. The minimum Gasteiger partial charge on any atom is -0.381 e. The fourth-order valence-electron chi connectivity index (χ4n) is 5.67. The van der Waals surface area contributed by atoms with Gasteiger partial charge in [0.2, 0.25) is 0 Å². The Labute approximate surface area is 173 Å². The van der Waals surface area contributed by atoms with Crippen LogP contribution in [0.15, 0.2) is 55.1 Å². The van der Waals surface area contributed by atoms with Crippen LogP contribution in [0.1, 0.15) is 23.8 Å². The number of benzene rings is 3. The molecule has 1 unspecified atom stereocenters. The summed E-state index contributed by atoms with van der Waals surface area (Å²) in [5, 5.41) is 8.71. The Morgan fingerprint density at radius 1 is 0.966 bits per heavy atom. The molecule has 0 radical (unpaired) electrons. The Kier molecular flexibility index (Phi) is 2.96. The highest BCUT2D eigenvalue weighted by molar-refractivity contribution is 7.75. The molecule has 2 aliphatic rings. The van der Waals surface area contributed by atoms with Crippen molar-refractivity contribution in [3.63, 3.8) is 0 Å². The first kappa shape index (κ1) is 16.0. The van der Waals surface area contributed by atoms with Crippen molar-refractivity contribution in [2.24, 2.45) is 0 Å². The van der Waals surface area contributed by atoms with Crippen LogP contribution < -0.4 is 5.32 Å². The number of fused-ring (bicyclic) bond motifs is 9. The molecule has 0 saturated heterocycles. The van der Waals surface area contributed by atoms with Gasteiger partial charge >= 0.3 is 0 Å². The van der Waals surface area contributed by atoms with Gasteiger partial charge in [0.25, 0.3) is 0 Å². The second-order valence-corrected chi connectivity index (χ2v) is 8.25. The molecule has 0 saturated carbocycles. The van der Waals surface area contributed by atoms with E-state index in [1.54, 1.807) is 0 Å². The molecule has 5 heteroatoms. The van der Waals surface area contributed by atoms with Crippen molar-refractivity contribution < 1.29 is 4.18 Å². The van der Waals surface area contributed by atoms with Crippen LogP contribution in [0.25, 0.3) is 49.3 Å². The molecule has 4 heterocycles. The second-order valence-electron chi connectivity index (χ2n) is 8.04. The average molecular weight is 398 g/mol. The lowest BCUT2D eigenvalue weighted by Crippen LogP contribution is -2.09. The summed E-state index contributed by atoms with van der Waals surface area (Å²) in [6.45, 7) is 6.08. The molecule has 7 rings (SSSR count). The zero-order valence-corrected chi connectivity index (χ0v) is 16.7. The highest BCUT2D eigenvalue weighted by atomic mass is 32.1. The molecule has 4 nitrogen and oxygen atoms in total. The zero-order valence-electron chi connectivity index (χ0n) is 15.8. The van der Waals surface area contributed by atoms with E-state index in [2.05, 4.69) is 82.5 Å². The van der Waals surface area contributed by atoms with E-state index >= 15 is 0 Å². The highest BCUT2D eigenvalue weighted by Crippen LogP contribution is 2.49. The quantitative estimate of drug-likeness (QED) is 0.279. The molecule has 0 spiro atoms. The van der Waals surface area contributed by atoms with Gasteiger partial charge in [-0.2, -0.15) is 0 Å². The number of hydrogen-bond acceptors (Lipinski definition) is 3. The Hall–Kier alpha value is -2.89. The van der Waals surface area contributed by atoms with Crippen molar-refractivity contribution in [2.75, 3.05) is 0 Å². The summed E-state index contributed by atoms with van der Waals surface area (Å²) in [4.78, 5) is 0.